The van der Waals surface area contributed by atoms with Crippen molar-refractivity contribution in [2.24, 2.45) is 7.05 Å². The molecule has 0 fully saturated rings. The predicted octanol–water partition coefficient (Wildman–Crippen LogP) is 1.39. The van der Waals surface area contributed by atoms with Crippen LogP contribution in [0.25, 0.3) is 11.2 Å². The van der Waals surface area contributed by atoms with Crippen LogP contribution in [0, 0.1) is 6.92 Å². The zero-order chi connectivity index (χ0) is 23.5. The number of carbonyl (C=O) groups is 1. The summed E-state index contributed by atoms with van der Waals surface area (Å²) in [7, 11) is 1.43. The van der Waals surface area contributed by atoms with Gasteiger partial charge in [-0.2, -0.15) is 4.98 Å². The van der Waals surface area contributed by atoms with E-state index in [1.165, 1.54) is 11.6 Å². The fourth-order valence-corrected chi connectivity index (χ4v) is 3.34. The van der Waals surface area contributed by atoms with Crippen molar-refractivity contribution in [2.75, 3.05) is 6.61 Å². The average molecular weight is 450 g/mol. The molecular weight excluding hydrogens is 428 g/mol. The van der Waals surface area contributed by atoms with Gasteiger partial charge in [-0.05, 0) is 36.8 Å². The second-order valence-electron chi connectivity index (χ2n) is 7.53. The number of imidazole rings is 1. The molecule has 0 amide bonds. The van der Waals surface area contributed by atoms with E-state index < -0.39 is 23.3 Å². The number of hydrogen-bond acceptors (Lipinski definition) is 7. The summed E-state index contributed by atoms with van der Waals surface area (Å²) in [5, 5.41) is 10.6. The van der Waals surface area contributed by atoms with Crippen molar-refractivity contribution in [1.82, 2.24) is 19.1 Å². The van der Waals surface area contributed by atoms with Crippen molar-refractivity contribution in [3.63, 3.8) is 0 Å². The van der Waals surface area contributed by atoms with Gasteiger partial charge in [0.1, 0.15) is 18.5 Å². The fraction of sp³-hybridized carbons (Fsp3) is 0.217. The maximum atomic E-state index is 12.6. The van der Waals surface area contributed by atoms with E-state index in [4.69, 9.17) is 9.47 Å². The van der Waals surface area contributed by atoms with Crippen LogP contribution in [0.5, 0.6) is 11.8 Å². The van der Waals surface area contributed by atoms with Gasteiger partial charge in [-0.15, -0.1) is 0 Å². The number of aliphatic hydroxyl groups excluding tert-OH is 1. The second kappa shape index (κ2) is 9.13. The highest BCUT2D eigenvalue weighted by Gasteiger charge is 2.23. The molecule has 0 aliphatic heterocycles. The minimum absolute atomic E-state index is 0.0115. The Morgan fingerprint density at radius 1 is 1.15 bits per heavy atom. The van der Waals surface area contributed by atoms with Gasteiger partial charge in [0, 0.05) is 7.05 Å². The van der Waals surface area contributed by atoms with Gasteiger partial charge in [0.2, 0.25) is 0 Å². The van der Waals surface area contributed by atoms with Crippen LogP contribution in [-0.2, 0) is 13.6 Å². The Morgan fingerprint density at radius 2 is 1.91 bits per heavy atom. The molecule has 2 aromatic carbocycles. The van der Waals surface area contributed by atoms with E-state index in [0.29, 0.717) is 5.75 Å². The van der Waals surface area contributed by atoms with Gasteiger partial charge in [-0.1, -0.05) is 30.3 Å². The molecule has 10 heteroatoms. The highest BCUT2D eigenvalue weighted by molar-refractivity contribution is 5.91. The summed E-state index contributed by atoms with van der Waals surface area (Å²) in [5.41, 5.74) is -0.0859. The Balaban J connectivity index is 1.66. The minimum atomic E-state index is -1.08. The molecular formula is C23H22N4O6. The van der Waals surface area contributed by atoms with Gasteiger partial charge in [0.25, 0.3) is 5.56 Å². The zero-order valence-electron chi connectivity index (χ0n) is 18.0. The molecule has 0 aliphatic carbocycles. The van der Waals surface area contributed by atoms with Crippen molar-refractivity contribution >= 4 is 17.1 Å². The first-order chi connectivity index (χ1) is 15.8. The van der Waals surface area contributed by atoms with Gasteiger partial charge in [0.15, 0.2) is 11.2 Å². The third kappa shape index (κ3) is 4.70. The SMILES string of the molecule is Cc1cccc(OC[C@@H](O)Cn2c(OC(=O)c3ccccc3)nc3c2c(=O)[nH]c(=O)n3C)c1. The number of ether oxygens (including phenoxy) is 2. The third-order valence-electron chi connectivity index (χ3n) is 4.99. The molecule has 2 aromatic heterocycles. The van der Waals surface area contributed by atoms with E-state index in [1.54, 1.807) is 36.4 Å². The van der Waals surface area contributed by atoms with E-state index >= 15 is 0 Å². The number of aryl methyl sites for hydroxylation is 2. The number of H-pyrrole nitrogens is 1. The molecule has 0 radical (unpaired) electrons. The monoisotopic (exact) mass is 450 g/mol. The van der Waals surface area contributed by atoms with E-state index in [1.807, 2.05) is 25.1 Å². The Morgan fingerprint density at radius 3 is 2.64 bits per heavy atom. The van der Waals surface area contributed by atoms with Gasteiger partial charge < -0.3 is 14.6 Å². The van der Waals surface area contributed by atoms with Crippen LogP contribution in [0.1, 0.15) is 15.9 Å². The summed E-state index contributed by atoms with van der Waals surface area (Å²) in [5.74, 6) is -0.111. The molecule has 0 saturated carbocycles. The average Bonchev–Trinajstić information content (AvgIpc) is 3.15. The molecule has 0 aliphatic rings. The first kappa shape index (κ1) is 22.0. The van der Waals surface area contributed by atoms with Crippen LogP contribution in [0.3, 0.4) is 0 Å². The smallest absolute Gasteiger partial charge is 0.345 e. The molecule has 4 rings (SSSR count). The van der Waals surface area contributed by atoms with Crippen LogP contribution in [-0.4, -0.2) is 42.9 Å². The van der Waals surface area contributed by atoms with Gasteiger partial charge >= 0.3 is 17.7 Å². The lowest BCUT2D eigenvalue weighted by molar-refractivity contribution is 0.0684. The van der Waals surface area contributed by atoms with E-state index in [2.05, 4.69) is 9.97 Å². The number of aliphatic hydroxyl groups is 1. The number of carbonyl (C=O) groups excluding carboxylic acids is 1. The van der Waals surface area contributed by atoms with Crippen molar-refractivity contribution in [1.29, 1.82) is 0 Å². The number of esters is 1. The van der Waals surface area contributed by atoms with E-state index in [-0.39, 0.29) is 35.9 Å². The van der Waals surface area contributed by atoms with E-state index in [0.717, 1.165) is 10.1 Å². The number of aromatic amines is 1. The molecule has 2 heterocycles. The number of hydrogen-bond donors (Lipinski definition) is 2. The van der Waals surface area contributed by atoms with E-state index in [9.17, 15) is 19.5 Å². The number of benzene rings is 2. The molecule has 33 heavy (non-hydrogen) atoms. The first-order valence-electron chi connectivity index (χ1n) is 10.2. The van der Waals surface area contributed by atoms with Crippen LogP contribution in [0.2, 0.25) is 0 Å². The molecule has 0 saturated heterocycles. The molecule has 2 N–H and O–H groups in total. The lowest BCUT2D eigenvalue weighted by Crippen LogP contribution is -2.30. The normalized spacial score (nSPS) is 12.0. The minimum Gasteiger partial charge on any atom is -0.491 e. The summed E-state index contributed by atoms with van der Waals surface area (Å²) in [6.07, 6.45) is -1.08. The maximum absolute atomic E-state index is 12.6. The maximum Gasteiger partial charge on any atom is 0.345 e. The largest absolute Gasteiger partial charge is 0.491 e. The van der Waals surface area contributed by atoms with Crippen LogP contribution >= 0.6 is 0 Å². The molecule has 0 spiro atoms. The summed E-state index contributed by atoms with van der Waals surface area (Å²) in [4.78, 5) is 43.5. The standard InChI is InChI=1S/C23H22N4O6/c1-14-7-6-10-17(11-14)32-13-16(28)12-27-18-19(26(2)22(31)25-20(18)29)24-23(27)33-21(30)15-8-4-3-5-9-15/h3-11,16,28H,12-13H2,1-2H3,(H,25,29,31)/t16-/m0/s1. The molecule has 0 bridgehead atoms. The van der Waals surface area contributed by atoms with Crippen molar-refractivity contribution < 1.29 is 19.4 Å². The number of nitrogens with zero attached hydrogens (tertiary/aromatic N) is 3. The van der Waals surface area contributed by atoms with Crippen LogP contribution < -0.4 is 20.7 Å². The first-order valence-corrected chi connectivity index (χ1v) is 10.2. The number of nitrogens with one attached hydrogen (secondary N) is 1. The highest BCUT2D eigenvalue weighted by atomic mass is 16.6. The third-order valence-corrected chi connectivity index (χ3v) is 4.99. The fourth-order valence-electron chi connectivity index (χ4n) is 3.34. The zero-order valence-corrected chi connectivity index (χ0v) is 18.0. The Kier molecular flexibility index (Phi) is 6.09. The number of rotatable bonds is 7. The summed E-state index contributed by atoms with van der Waals surface area (Å²) in [6.45, 7) is 1.67. The lowest BCUT2D eigenvalue weighted by Gasteiger charge is -2.15. The lowest BCUT2D eigenvalue weighted by atomic mass is 10.2. The Labute approximate surface area is 187 Å². The van der Waals surface area contributed by atoms with Crippen LogP contribution in [0.15, 0.2) is 64.2 Å². The summed E-state index contributed by atoms with van der Waals surface area (Å²) < 4.78 is 13.5. The molecule has 170 valence electrons. The molecule has 4 aromatic rings. The summed E-state index contributed by atoms with van der Waals surface area (Å²) in [6, 6.07) is 15.4. The highest BCUT2D eigenvalue weighted by Crippen LogP contribution is 2.20. The van der Waals surface area contributed by atoms with Gasteiger partial charge in [0.05, 0.1) is 12.1 Å². The Bertz CT molecular complexity index is 1420. The second-order valence-corrected chi connectivity index (χ2v) is 7.53. The van der Waals surface area contributed by atoms with Gasteiger partial charge in [-0.25, -0.2) is 9.59 Å². The Hall–Kier alpha value is -4.18. The van der Waals surface area contributed by atoms with Crippen molar-refractivity contribution in [3.05, 3.63) is 86.6 Å². The van der Waals surface area contributed by atoms with Gasteiger partial charge in [-0.3, -0.25) is 18.9 Å². The van der Waals surface area contributed by atoms with Crippen LogP contribution in [0.4, 0.5) is 0 Å². The predicted molar refractivity (Wildman–Crippen MR) is 120 cm³/mol. The summed E-state index contributed by atoms with van der Waals surface area (Å²) >= 11 is 0. The molecule has 1 atom stereocenters. The molecule has 0 unspecified atom stereocenters. The topological polar surface area (TPSA) is 128 Å². The number of aromatic nitrogens is 4. The molecule has 10 nitrogen and oxygen atoms in total. The van der Waals surface area contributed by atoms with Crippen molar-refractivity contribution in [3.8, 4) is 11.8 Å². The quantitative estimate of drug-likeness (QED) is 0.407. The van der Waals surface area contributed by atoms with Crippen molar-refractivity contribution in [2.45, 2.75) is 19.6 Å². The number of fused-ring (bicyclic) bond motifs is 1.